The summed E-state index contributed by atoms with van der Waals surface area (Å²) in [6, 6.07) is 13.2. The van der Waals surface area contributed by atoms with Crippen molar-refractivity contribution in [1.29, 1.82) is 0 Å². The van der Waals surface area contributed by atoms with Gasteiger partial charge in [0.1, 0.15) is 10.1 Å². The lowest BCUT2D eigenvalue weighted by Gasteiger charge is -2.18. The molecule has 178 valence electrons. The summed E-state index contributed by atoms with van der Waals surface area (Å²) >= 11 is 6.63. The molecule has 1 N–H and O–H groups in total. The smallest absolute Gasteiger partial charge is 0.266 e. The summed E-state index contributed by atoms with van der Waals surface area (Å²) in [5.41, 5.74) is 1.89. The maximum atomic E-state index is 12.8. The molecule has 2 amide bonds. The van der Waals surface area contributed by atoms with Crippen molar-refractivity contribution in [2.24, 2.45) is 0 Å². The molecule has 0 bridgehead atoms. The zero-order valence-corrected chi connectivity index (χ0v) is 20.5. The molecule has 0 aromatic heterocycles. The Morgan fingerprint density at radius 1 is 1.26 bits per heavy atom. The van der Waals surface area contributed by atoms with Crippen LogP contribution in [0.5, 0.6) is 17.2 Å². The summed E-state index contributed by atoms with van der Waals surface area (Å²) in [4.78, 5) is 29.1. The van der Waals surface area contributed by atoms with E-state index in [1.165, 1.54) is 16.7 Å². The van der Waals surface area contributed by atoms with Crippen LogP contribution in [0.15, 0.2) is 47.4 Å². The molecular formula is C24H25N3O5S2. The normalized spacial score (nSPS) is 16.0. The van der Waals surface area contributed by atoms with E-state index in [-0.39, 0.29) is 25.2 Å². The average molecular weight is 500 g/mol. The highest BCUT2D eigenvalue weighted by molar-refractivity contribution is 8.26. The first kappa shape index (κ1) is 24.1. The summed E-state index contributed by atoms with van der Waals surface area (Å²) in [6.45, 7) is 1.68. The SMILES string of the molecule is COc1cccc(CN(C)CC(=O)NCCN2C(=O)/C(=C\c3ccc4c(c3)OCO4)SC2=S)c1. The number of rotatable bonds is 9. The van der Waals surface area contributed by atoms with Gasteiger partial charge in [-0.3, -0.25) is 19.4 Å². The maximum absolute atomic E-state index is 12.8. The van der Waals surface area contributed by atoms with E-state index < -0.39 is 0 Å². The number of thioether (sulfide) groups is 1. The van der Waals surface area contributed by atoms with Crippen LogP contribution < -0.4 is 19.5 Å². The minimum absolute atomic E-state index is 0.119. The highest BCUT2D eigenvalue weighted by Crippen LogP contribution is 2.36. The van der Waals surface area contributed by atoms with Crippen molar-refractivity contribution in [3.8, 4) is 17.2 Å². The Bertz CT molecular complexity index is 1140. The minimum Gasteiger partial charge on any atom is -0.497 e. The summed E-state index contributed by atoms with van der Waals surface area (Å²) in [6.07, 6.45) is 1.79. The Labute approximate surface area is 207 Å². The Balaban J connectivity index is 1.25. The number of carbonyl (C=O) groups is 2. The Morgan fingerprint density at radius 2 is 2.09 bits per heavy atom. The van der Waals surface area contributed by atoms with Gasteiger partial charge in [0.15, 0.2) is 11.5 Å². The van der Waals surface area contributed by atoms with Crippen LogP contribution in [0.1, 0.15) is 11.1 Å². The van der Waals surface area contributed by atoms with E-state index in [0.29, 0.717) is 40.4 Å². The monoisotopic (exact) mass is 499 g/mol. The van der Waals surface area contributed by atoms with Gasteiger partial charge in [-0.25, -0.2) is 0 Å². The van der Waals surface area contributed by atoms with Crippen molar-refractivity contribution in [2.45, 2.75) is 6.54 Å². The molecule has 0 atom stereocenters. The van der Waals surface area contributed by atoms with Crippen LogP contribution >= 0.6 is 24.0 Å². The fourth-order valence-electron chi connectivity index (χ4n) is 3.59. The first-order valence-electron chi connectivity index (χ1n) is 10.7. The highest BCUT2D eigenvalue weighted by Gasteiger charge is 2.31. The molecule has 2 aromatic rings. The maximum Gasteiger partial charge on any atom is 0.266 e. The topological polar surface area (TPSA) is 80.3 Å². The predicted octanol–water partition coefficient (Wildman–Crippen LogP) is 2.87. The molecule has 0 aliphatic carbocycles. The largest absolute Gasteiger partial charge is 0.497 e. The van der Waals surface area contributed by atoms with E-state index in [1.54, 1.807) is 13.2 Å². The molecular weight excluding hydrogens is 474 g/mol. The van der Waals surface area contributed by atoms with Crippen LogP contribution in [0, 0.1) is 0 Å². The van der Waals surface area contributed by atoms with Crippen molar-refractivity contribution in [2.75, 3.05) is 40.6 Å². The molecule has 4 rings (SSSR count). The van der Waals surface area contributed by atoms with Gasteiger partial charge < -0.3 is 19.5 Å². The number of ether oxygens (including phenoxy) is 3. The van der Waals surface area contributed by atoms with Crippen molar-refractivity contribution in [3.05, 3.63) is 58.5 Å². The van der Waals surface area contributed by atoms with E-state index in [4.69, 9.17) is 26.4 Å². The van der Waals surface area contributed by atoms with E-state index in [1.807, 2.05) is 54.4 Å². The first-order chi connectivity index (χ1) is 16.4. The average Bonchev–Trinajstić information content (AvgIpc) is 3.38. The van der Waals surface area contributed by atoms with E-state index in [2.05, 4.69) is 5.32 Å². The van der Waals surface area contributed by atoms with Gasteiger partial charge in [-0.2, -0.15) is 0 Å². The molecule has 34 heavy (non-hydrogen) atoms. The summed E-state index contributed by atoms with van der Waals surface area (Å²) < 4.78 is 16.4. The second-order valence-electron chi connectivity index (χ2n) is 7.82. The van der Waals surface area contributed by atoms with Crippen molar-refractivity contribution in [1.82, 2.24) is 15.1 Å². The minimum atomic E-state index is -0.169. The van der Waals surface area contributed by atoms with Crippen LogP contribution in [0.2, 0.25) is 0 Å². The lowest BCUT2D eigenvalue weighted by molar-refractivity contribution is -0.124. The molecule has 2 aliphatic heterocycles. The van der Waals surface area contributed by atoms with Crippen LogP contribution in [0.4, 0.5) is 0 Å². The molecule has 2 aliphatic rings. The number of hydrogen-bond acceptors (Lipinski definition) is 8. The number of nitrogens with one attached hydrogen (secondary N) is 1. The zero-order chi connectivity index (χ0) is 24.1. The van der Waals surface area contributed by atoms with Gasteiger partial charge in [0, 0.05) is 19.6 Å². The number of nitrogens with zero attached hydrogens (tertiary/aromatic N) is 2. The predicted molar refractivity (Wildman–Crippen MR) is 135 cm³/mol. The van der Waals surface area contributed by atoms with Gasteiger partial charge in [-0.1, -0.05) is 42.2 Å². The quantitative estimate of drug-likeness (QED) is 0.417. The number of hydrogen-bond donors (Lipinski definition) is 1. The van der Waals surface area contributed by atoms with Gasteiger partial charge in [0.25, 0.3) is 5.91 Å². The molecule has 0 radical (unpaired) electrons. The second kappa shape index (κ2) is 10.9. The lowest BCUT2D eigenvalue weighted by Crippen LogP contribution is -2.40. The summed E-state index contributed by atoms with van der Waals surface area (Å²) in [7, 11) is 3.50. The first-order valence-corrected chi connectivity index (χ1v) is 11.9. The van der Waals surface area contributed by atoms with E-state index in [0.717, 1.165) is 16.9 Å². The van der Waals surface area contributed by atoms with Gasteiger partial charge >= 0.3 is 0 Å². The molecule has 2 heterocycles. The van der Waals surface area contributed by atoms with Gasteiger partial charge in [-0.15, -0.1) is 0 Å². The third-order valence-electron chi connectivity index (χ3n) is 5.23. The second-order valence-corrected chi connectivity index (χ2v) is 9.50. The molecule has 8 nitrogen and oxygen atoms in total. The van der Waals surface area contributed by atoms with Gasteiger partial charge in [-0.05, 0) is 48.5 Å². The third kappa shape index (κ3) is 5.88. The van der Waals surface area contributed by atoms with Crippen molar-refractivity contribution in [3.63, 3.8) is 0 Å². The fourth-order valence-corrected chi connectivity index (χ4v) is 4.90. The summed E-state index contributed by atoms with van der Waals surface area (Å²) in [5.74, 6) is 1.84. The number of thiocarbonyl (C=S) groups is 1. The van der Waals surface area contributed by atoms with Crippen LogP contribution in [-0.4, -0.2) is 66.5 Å². The number of likely N-dealkylation sites (N-methyl/N-ethyl adjacent to an activating group) is 1. The molecule has 0 spiro atoms. The highest BCUT2D eigenvalue weighted by atomic mass is 32.2. The summed E-state index contributed by atoms with van der Waals surface area (Å²) in [5, 5.41) is 2.86. The zero-order valence-electron chi connectivity index (χ0n) is 18.9. The van der Waals surface area contributed by atoms with E-state index >= 15 is 0 Å². The molecule has 2 aromatic carbocycles. The number of methoxy groups -OCH3 is 1. The standard InChI is InChI=1S/C24H25N3O5S2/c1-26(13-17-4-3-5-18(10-17)30-2)14-22(28)25-8-9-27-23(29)21(34-24(27)33)12-16-6-7-19-20(11-16)32-15-31-19/h3-7,10-12H,8-9,13-15H2,1-2H3,(H,25,28)/b21-12+. The molecule has 0 unspecified atom stereocenters. The Hall–Kier alpha value is -3.08. The molecule has 1 saturated heterocycles. The number of benzene rings is 2. The van der Waals surface area contributed by atoms with Crippen molar-refractivity contribution < 1.29 is 23.8 Å². The fraction of sp³-hybridized carbons (Fsp3) is 0.292. The molecule has 10 heteroatoms. The number of carbonyl (C=O) groups excluding carboxylic acids is 2. The lowest BCUT2D eigenvalue weighted by atomic mass is 10.2. The van der Waals surface area contributed by atoms with Crippen molar-refractivity contribution >= 4 is 46.2 Å². The number of amides is 2. The van der Waals surface area contributed by atoms with Gasteiger partial charge in [0.05, 0.1) is 18.6 Å². The van der Waals surface area contributed by atoms with Crippen LogP contribution in [-0.2, 0) is 16.1 Å². The number of fused-ring (bicyclic) bond motifs is 1. The Morgan fingerprint density at radius 3 is 2.91 bits per heavy atom. The van der Waals surface area contributed by atoms with Crippen LogP contribution in [0.3, 0.4) is 0 Å². The third-order valence-corrected chi connectivity index (χ3v) is 6.60. The van der Waals surface area contributed by atoms with Crippen LogP contribution in [0.25, 0.3) is 6.08 Å². The van der Waals surface area contributed by atoms with Gasteiger partial charge in [0.2, 0.25) is 12.7 Å². The molecule has 1 fully saturated rings. The molecule has 0 saturated carbocycles. The van der Waals surface area contributed by atoms with E-state index in [9.17, 15) is 9.59 Å². The Kier molecular flexibility index (Phi) is 7.71.